The zero-order valence-electron chi connectivity index (χ0n) is 9.85. The van der Waals surface area contributed by atoms with E-state index in [0.29, 0.717) is 0 Å². The molecule has 0 aliphatic heterocycles. The van der Waals surface area contributed by atoms with Crippen molar-refractivity contribution in [3.05, 3.63) is 41.0 Å². The van der Waals surface area contributed by atoms with Crippen LogP contribution in [-0.2, 0) is 0 Å². The molecule has 0 amide bonds. The van der Waals surface area contributed by atoms with Gasteiger partial charge in [0, 0.05) is 5.56 Å². The highest BCUT2D eigenvalue weighted by atomic mass is 32.1. The van der Waals surface area contributed by atoms with Crippen molar-refractivity contribution in [3.8, 4) is 0 Å². The van der Waals surface area contributed by atoms with Crippen molar-refractivity contribution in [1.29, 1.82) is 0 Å². The predicted octanol–water partition coefficient (Wildman–Crippen LogP) is 1.92. The van der Waals surface area contributed by atoms with E-state index in [4.69, 9.17) is 18.0 Å². The van der Waals surface area contributed by atoms with Gasteiger partial charge in [0.2, 0.25) is 0 Å². The van der Waals surface area contributed by atoms with Crippen molar-refractivity contribution in [2.45, 2.75) is 20.8 Å². The standard InChI is InChI=1S/C12H17N3S/c1-7-5-9(3)11(6-8(7)2)10(4)14-15-12(13)16/h5-6,14H,4H2,1-3H3,(H3,13,15,16). The zero-order chi connectivity index (χ0) is 12.3. The Balaban J connectivity index is 2.91. The Bertz CT molecular complexity index is 438. The lowest BCUT2D eigenvalue weighted by Gasteiger charge is -2.14. The Kier molecular flexibility index (Phi) is 3.90. The van der Waals surface area contributed by atoms with Crippen LogP contribution in [0.2, 0.25) is 0 Å². The lowest BCUT2D eigenvalue weighted by atomic mass is 9.99. The van der Waals surface area contributed by atoms with E-state index >= 15 is 0 Å². The summed E-state index contributed by atoms with van der Waals surface area (Å²) in [6.07, 6.45) is 0. The predicted molar refractivity (Wildman–Crippen MR) is 72.7 cm³/mol. The third-order valence-electron chi connectivity index (χ3n) is 2.50. The van der Waals surface area contributed by atoms with Crippen LogP contribution in [0.5, 0.6) is 0 Å². The van der Waals surface area contributed by atoms with E-state index in [0.717, 1.165) is 11.3 Å². The quantitative estimate of drug-likeness (QED) is 0.553. The van der Waals surface area contributed by atoms with E-state index in [9.17, 15) is 0 Å². The molecule has 0 saturated carbocycles. The van der Waals surface area contributed by atoms with Crippen LogP contribution in [0.3, 0.4) is 0 Å². The first-order valence-electron chi connectivity index (χ1n) is 5.00. The Hall–Kier alpha value is -1.55. The van der Waals surface area contributed by atoms with Gasteiger partial charge in [-0.05, 0) is 55.7 Å². The smallest absolute Gasteiger partial charge is 0.182 e. The summed E-state index contributed by atoms with van der Waals surface area (Å²) < 4.78 is 0. The van der Waals surface area contributed by atoms with Crippen molar-refractivity contribution in [2.75, 3.05) is 0 Å². The number of hydrogen-bond acceptors (Lipinski definition) is 2. The first kappa shape index (κ1) is 12.5. The molecule has 86 valence electrons. The molecule has 0 aliphatic carbocycles. The highest BCUT2D eigenvalue weighted by Crippen LogP contribution is 2.19. The second-order valence-electron chi connectivity index (χ2n) is 3.84. The largest absolute Gasteiger partial charge is 0.375 e. The third kappa shape index (κ3) is 2.97. The molecule has 0 atom stereocenters. The van der Waals surface area contributed by atoms with Gasteiger partial charge in [-0.25, -0.2) is 0 Å². The van der Waals surface area contributed by atoms with Crippen LogP contribution in [0.25, 0.3) is 5.70 Å². The highest BCUT2D eigenvalue weighted by Gasteiger charge is 2.05. The summed E-state index contributed by atoms with van der Waals surface area (Å²) in [7, 11) is 0. The van der Waals surface area contributed by atoms with E-state index in [-0.39, 0.29) is 5.11 Å². The molecule has 0 aliphatic rings. The molecular weight excluding hydrogens is 218 g/mol. The fourth-order valence-corrected chi connectivity index (χ4v) is 1.54. The normalized spacial score (nSPS) is 9.69. The van der Waals surface area contributed by atoms with Crippen LogP contribution in [0, 0.1) is 20.8 Å². The molecule has 4 heteroatoms. The number of hydrogen-bond donors (Lipinski definition) is 3. The number of benzene rings is 1. The van der Waals surface area contributed by atoms with Crippen LogP contribution in [0.4, 0.5) is 0 Å². The first-order valence-corrected chi connectivity index (χ1v) is 5.41. The minimum Gasteiger partial charge on any atom is -0.375 e. The molecule has 1 aromatic carbocycles. The maximum absolute atomic E-state index is 5.33. The number of nitrogens with two attached hydrogens (primary N) is 1. The molecule has 0 fully saturated rings. The first-order chi connectivity index (χ1) is 7.41. The number of thiocarbonyl (C=S) groups is 1. The van der Waals surface area contributed by atoms with Gasteiger partial charge in [0.1, 0.15) is 0 Å². The van der Waals surface area contributed by atoms with E-state index < -0.39 is 0 Å². The fourth-order valence-electron chi connectivity index (χ4n) is 1.49. The molecule has 0 saturated heterocycles. The lowest BCUT2D eigenvalue weighted by Crippen LogP contribution is -2.39. The van der Waals surface area contributed by atoms with Crippen LogP contribution in [-0.4, -0.2) is 5.11 Å². The van der Waals surface area contributed by atoms with Gasteiger partial charge in [-0.1, -0.05) is 12.6 Å². The molecule has 0 heterocycles. The van der Waals surface area contributed by atoms with Crippen LogP contribution in [0.1, 0.15) is 22.3 Å². The van der Waals surface area contributed by atoms with Crippen molar-refractivity contribution in [2.24, 2.45) is 5.73 Å². The molecule has 0 aromatic heterocycles. The highest BCUT2D eigenvalue weighted by molar-refractivity contribution is 7.80. The van der Waals surface area contributed by atoms with Gasteiger partial charge in [-0.2, -0.15) is 0 Å². The average Bonchev–Trinajstić information content (AvgIpc) is 2.20. The van der Waals surface area contributed by atoms with Gasteiger partial charge in [0.05, 0.1) is 5.70 Å². The summed E-state index contributed by atoms with van der Waals surface area (Å²) in [6.45, 7) is 10.2. The van der Waals surface area contributed by atoms with E-state index in [1.807, 2.05) is 0 Å². The van der Waals surface area contributed by atoms with Gasteiger partial charge in [-0.3, -0.25) is 10.9 Å². The maximum atomic E-state index is 5.33. The van der Waals surface area contributed by atoms with E-state index in [1.165, 1.54) is 16.7 Å². The Labute approximate surface area is 102 Å². The molecule has 0 radical (unpaired) electrons. The Morgan fingerprint density at radius 1 is 1.12 bits per heavy atom. The minimum atomic E-state index is 0.197. The van der Waals surface area contributed by atoms with E-state index in [2.05, 4.69) is 50.3 Å². The second-order valence-corrected chi connectivity index (χ2v) is 4.28. The van der Waals surface area contributed by atoms with Crippen LogP contribution >= 0.6 is 12.2 Å². The van der Waals surface area contributed by atoms with Gasteiger partial charge in [0.15, 0.2) is 5.11 Å². The summed E-state index contributed by atoms with van der Waals surface area (Å²) in [4.78, 5) is 0. The van der Waals surface area contributed by atoms with Crippen molar-refractivity contribution in [1.82, 2.24) is 10.9 Å². The number of nitrogens with one attached hydrogen (secondary N) is 2. The molecule has 1 aromatic rings. The van der Waals surface area contributed by atoms with Crippen LogP contribution < -0.4 is 16.6 Å². The summed E-state index contributed by atoms with van der Waals surface area (Å²) in [5.74, 6) is 0. The summed E-state index contributed by atoms with van der Waals surface area (Å²) >= 11 is 4.71. The van der Waals surface area contributed by atoms with Gasteiger partial charge >= 0.3 is 0 Å². The summed E-state index contributed by atoms with van der Waals surface area (Å²) in [5, 5.41) is 0.197. The fraction of sp³-hybridized carbons (Fsp3) is 0.250. The SMILES string of the molecule is C=C(NNC(N)=S)c1cc(C)c(C)cc1C. The average molecular weight is 235 g/mol. The van der Waals surface area contributed by atoms with Crippen molar-refractivity contribution in [3.63, 3.8) is 0 Å². The zero-order valence-corrected chi connectivity index (χ0v) is 10.7. The molecule has 1 rings (SSSR count). The lowest BCUT2D eigenvalue weighted by molar-refractivity contribution is 0.844. The van der Waals surface area contributed by atoms with Gasteiger partial charge in [0.25, 0.3) is 0 Å². The van der Waals surface area contributed by atoms with Crippen LogP contribution in [0.15, 0.2) is 18.7 Å². The minimum absolute atomic E-state index is 0.197. The third-order valence-corrected chi connectivity index (χ3v) is 2.60. The number of aryl methyl sites for hydroxylation is 3. The van der Waals surface area contributed by atoms with Crippen molar-refractivity contribution >= 4 is 23.0 Å². The molecule has 4 N–H and O–H groups in total. The van der Waals surface area contributed by atoms with Gasteiger partial charge in [-0.15, -0.1) is 0 Å². The van der Waals surface area contributed by atoms with E-state index in [1.54, 1.807) is 0 Å². The summed E-state index contributed by atoms with van der Waals surface area (Å²) in [5.41, 5.74) is 16.4. The summed E-state index contributed by atoms with van der Waals surface area (Å²) in [6, 6.07) is 4.24. The molecular formula is C12H17N3S. The topological polar surface area (TPSA) is 50.1 Å². The Morgan fingerprint density at radius 2 is 1.69 bits per heavy atom. The molecule has 0 unspecified atom stereocenters. The molecule has 0 bridgehead atoms. The van der Waals surface area contributed by atoms with Gasteiger partial charge < -0.3 is 5.73 Å². The van der Waals surface area contributed by atoms with Crippen molar-refractivity contribution < 1.29 is 0 Å². The number of hydrazine groups is 1. The monoisotopic (exact) mass is 235 g/mol. The molecule has 3 nitrogen and oxygen atoms in total. The maximum Gasteiger partial charge on any atom is 0.182 e. The Morgan fingerprint density at radius 3 is 2.25 bits per heavy atom. The number of rotatable bonds is 3. The molecule has 0 spiro atoms. The second kappa shape index (κ2) is 4.99. The molecule has 16 heavy (non-hydrogen) atoms.